The lowest BCUT2D eigenvalue weighted by Gasteiger charge is -2.03. The van der Waals surface area contributed by atoms with E-state index in [1.54, 1.807) is 6.92 Å². The Kier molecular flexibility index (Phi) is 3.51. The van der Waals surface area contributed by atoms with Crippen molar-refractivity contribution in [3.05, 3.63) is 11.8 Å². The number of carbonyl (C=O) groups is 1. The van der Waals surface area contributed by atoms with Crippen LogP contribution in [0.1, 0.15) is 25.1 Å². The van der Waals surface area contributed by atoms with Crippen molar-refractivity contribution in [2.24, 2.45) is 5.92 Å². The van der Waals surface area contributed by atoms with Crippen LogP contribution in [0.15, 0.2) is 4.42 Å². The maximum atomic E-state index is 12.1. The summed E-state index contributed by atoms with van der Waals surface area (Å²) in [6, 6.07) is 0. The van der Waals surface area contributed by atoms with Crippen molar-refractivity contribution in [2.45, 2.75) is 25.9 Å². The summed E-state index contributed by atoms with van der Waals surface area (Å²) in [4.78, 5) is 10.3. The summed E-state index contributed by atoms with van der Waals surface area (Å²) in [5, 5.41) is 14.5. The highest BCUT2D eigenvalue weighted by atomic mass is 19.4. The number of aliphatic carboxylic acids is 1. The molecule has 8 heteroatoms. The van der Waals surface area contributed by atoms with Crippen LogP contribution in [0.3, 0.4) is 0 Å². The van der Waals surface area contributed by atoms with E-state index in [1.165, 1.54) is 0 Å². The maximum Gasteiger partial charge on any atom is 0.470 e. The van der Waals surface area contributed by atoms with Gasteiger partial charge in [-0.1, -0.05) is 6.92 Å². The molecular weight excluding hydrogens is 229 g/mol. The smallest absolute Gasteiger partial charge is 0.470 e. The predicted octanol–water partition coefficient (Wildman–Crippen LogP) is 1.74. The maximum absolute atomic E-state index is 12.1. The zero-order valence-electron chi connectivity index (χ0n) is 8.28. The van der Waals surface area contributed by atoms with Crippen molar-refractivity contribution in [1.82, 2.24) is 10.2 Å². The summed E-state index contributed by atoms with van der Waals surface area (Å²) in [6.07, 6.45) is -4.82. The van der Waals surface area contributed by atoms with Gasteiger partial charge in [-0.25, -0.2) is 0 Å². The molecule has 1 unspecified atom stereocenters. The molecule has 0 aromatic carbocycles. The minimum Gasteiger partial charge on any atom is -0.481 e. The minimum absolute atomic E-state index is 0.00931. The van der Waals surface area contributed by atoms with E-state index in [0.717, 1.165) is 0 Å². The van der Waals surface area contributed by atoms with E-state index in [9.17, 15) is 18.0 Å². The monoisotopic (exact) mass is 238 g/mol. The van der Waals surface area contributed by atoms with Crippen LogP contribution in [0.5, 0.6) is 0 Å². The molecule has 0 spiro atoms. The second-order valence-electron chi connectivity index (χ2n) is 3.41. The molecule has 1 aromatic heterocycles. The molecule has 1 rings (SSSR count). The minimum atomic E-state index is -4.67. The van der Waals surface area contributed by atoms with E-state index in [1.807, 2.05) is 0 Å². The number of alkyl halides is 3. The van der Waals surface area contributed by atoms with Crippen molar-refractivity contribution in [3.8, 4) is 0 Å². The molecule has 0 radical (unpaired) electrons. The first kappa shape index (κ1) is 12.5. The van der Waals surface area contributed by atoms with Crippen LogP contribution in [-0.4, -0.2) is 21.3 Å². The van der Waals surface area contributed by atoms with Crippen LogP contribution in [0, 0.1) is 5.92 Å². The Morgan fingerprint density at radius 2 is 2.12 bits per heavy atom. The van der Waals surface area contributed by atoms with Crippen LogP contribution < -0.4 is 0 Å². The van der Waals surface area contributed by atoms with Crippen LogP contribution in [0.25, 0.3) is 0 Å². The summed E-state index contributed by atoms with van der Waals surface area (Å²) < 4.78 is 40.5. The molecule has 1 aromatic rings. The standard InChI is InChI=1S/C8H9F3N2O3/c1-4(3-6(14)15)2-5-12-13-7(16-5)8(9,10)11/h4H,2-3H2,1H3,(H,14,15). The van der Waals surface area contributed by atoms with Gasteiger partial charge in [0.15, 0.2) is 0 Å². The largest absolute Gasteiger partial charge is 0.481 e. The zero-order chi connectivity index (χ0) is 12.3. The van der Waals surface area contributed by atoms with Gasteiger partial charge in [0.1, 0.15) is 0 Å². The molecule has 0 saturated heterocycles. The number of nitrogens with zero attached hydrogens (tertiary/aromatic N) is 2. The molecular formula is C8H9F3N2O3. The van der Waals surface area contributed by atoms with Gasteiger partial charge in [-0.15, -0.1) is 10.2 Å². The first-order valence-electron chi connectivity index (χ1n) is 4.40. The fraction of sp³-hybridized carbons (Fsp3) is 0.625. The van der Waals surface area contributed by atoms with Crippen LogP contribution in [0.4, 0.5) is 13.2 Å². The fourth-order valence-corrected chi connectivity index (χ4v) is 1.12. The Morgan fingerprint density at radius 3 is 2.56 bits per heavy atom. The molecule has 0 aliphatic heterocycles. The molecule has 0 aliphatic carbocycles. The van der Waals surface area contributed by atoms with Gasteiger partial charge in [0.25, 0.3) is 0 Å². The molecule has 5 nitrogen and oxygen atoms in total. The molecule has 90 valence electrons. The zero-order valence-corrected chi connectivity index (χ0v) is 8.28. The van der Waals surface area contributed by atoms with Gasteiger partial charge in [0.05, 0.1) is 0 Å². The Bertz CT molecular complexity index is 375. The Balaban J connectivity index is 2.62. The van der Waals surface area contributed by atoms with Crippen LogP contribution >= 0.6 is 0 Å². The molecule has 0 amide bonds. The van der Waals surface area contributed by atoms with Crippen molar-refractivity contribution in [3.63, 3.8) is 0 Å². The van der Waals surface area contributed by atoms with Crippen molar-refractivity contribution < 1.29 is 27.5 Å². The van der Waals surface area contributed by atoms with Gasteiger partial charge in [-0.2, -0.15) is 13.2 Å². The number of hydrogen-bond donors (Lipinski definition) is 1. The van der Waals surface area contributed by atoms with E-state index >= 15 is 0 Å². The molecule has 1 atom stereocenters. The van der Waals surface area contributed by atoms with Gasteiger partial charge in [0.2, 0.25) is 5.89 Å². The first-order chi connectivity index (χ1) is 7.29. The Hall–Kier alpha value is -1.60. The van der Waals surface area contributed by atoms with E-state index in [-0.39, 0.29) is 24.7 Å². The number of carboxylic acid groups (broad SMARTS) is 1. The lowest BCUT2D eigenvalue weighted by molar-refractivity contribution is -0.157. The first-order valence-corrected chi connectivity index (χ1v) is 4.40. The Labute approximate surface area is 88.3 Å². The van der Waals surface area contributed by atoms with Gasteiger partial charge >= 0.3 is 18.0 Å². The number of rotatable bonds is 4. The van der Waals surface area contributed by atoms with Crippen LogP contribution in [-0.2, 0) is 17.4 Å². The second kappa shape index (κ2) is 4.50. The van der Waals surface area contributed by atoms with E-state index < -0.39 is 18.0 Å². The number of hydrogen-bond acceptors (Lipinski definition) is 4. The summed E-state index contributed by atoms with van der Waals surface area (Å²) in [7, 11) is 0. The normalized spacial score (nSPS) is 13.8. The molecule has 0 fully saturated rings. The summed E-state index contributed by atoms with van der Waals surface area (Å²) in [5.74, 6) is -3.01. The average Bonchev–Trinajstić information content (AvgIpc) is 2.49. The predicted molar refractivity (Wildman–Crippen MR) is 44.4 cm³/mol. The van der Waals surface area contributed by atoms with Gasteiger partial charge in [-0.05, 0) is 5.92 Å². The second-order valence-corrected chi connectivity index (χ2v) is 3.41. The van der Waals surface area contributed by atoms with E-state index in [2.05, 4.69) is 14.6 Å². The lowest BCUT2D eigenvalue weighted by Crippen LogP contribution is -2.07. The van der Waals surface area contributed by atoms with Crippen molar-refractivity contribution in [1.29, 1.82) is 0 Å². The van der Waals surface area contributed by atoms with E-state index in [0.29, 0.717) is 0 Å². The third-order valence-electron chi connectivity index (χ3n) is 1.76. The molecule has 1 N–H and O–H groups in total. The van der Waals surface area contributed by atoms with Gasteiger partial charge < -0.3 is 9.52 Å². The topological polar surface area (TPSA) is 76.2 Å². The highest BCUT2D eigenvalue weighted by Gasteiger charge is 2.38. The highest BCUT2D eigenvalue weighted by Crippen LogP contribution is 2.28. The quantitative estimate of drug-likeness (QED) is 0.864. The molecule has 16 heavy (non-hydrogen) atoms. The lowest BCUT2D eigenvalue weighted by atomic mass is 10.0. The number of halogens is 3. The van der Waals surface area contributed by atoms with Crippen molar-refractivity contribution >= 4 is 5.97 Å². The van der Waals surface area contributed by atoms with Gasteiger partial charge in [-0.3, -0.25) is 4.79 Å². The fourth-order valence-electron chi connectivity index (χ4n) is 1.12. The Morgan fingerprint density at radius 1 is 1.50 bits per heavy atom. The molecule has 0 aliphatic rings. The molecule has 0 bridgehead atoms. The summed E-state index contributed by atoms with van der Waals surface area (Å²) in [6.45, 7) is 1.57. The van der Waals surface area contributed by atoms with Crippen LogP contribution in [0.2, 0.25) is 0 Å². The average molecular weight is 238 g/mol. The van der Waals surface area contributed by atoms with Crippen molar-refractivity contribution in [2.75, 3.05) is 0 Å². The SMILES string of the molecule is CC(CC(=O)O)Cc1nnc(C(F)(F)F)o1. The molecule has 0 saturated carbocycles. The number of aromatic nitrogens is 2. The third kappa shape index (κ3) is 3.52. The summed E-state index contributed by atoms with van der Waals surface area (Å²) in [5.41, 5.74) is 0. The molecule has 1 heterocycles. The van der Waals surface area contributed by atoms with E-state index in [4.69, 9.17) is 5.11 Å². The highest BCUT2D eigenvalue weighted by molar-refractivity contribution is 5.66. The number of carboxylic acids is 1. The van der Waals surface area contributed by atoms with Gasteiger partial charge in [0, 0.05) is 12.8 Å². The third-order valence-corrected chi connectivity index (χ3v) is 1.76. The summed E-state index contributed by atoms with van der Waals surface area (Å²) >= 11 is 0.